The first-order valence-electron chi connectivity index (χ1n) is 10.6. The Morgan fingerprint density at radius 2 is 1.66 bits per heavy atom. The lowest BCUT2D eigenvalue weighted by Gasteiger charge is -2.30. The molecule has 0 aliphatic heterocycles. The van der Waals surface area contributed by atoms with Gasteiger partial charge >= 0.3 is 11.9 Å². The highest BCUT2D eigenvalue weighted by molar-refractivity contribution is 5.84. The van der Waals surface area contributed by atoms with Crippen LogP contribution in [0.1, 0.15) is 33.1 Å². The number of aliphatic carboxylic acids is 2. The number of carboxylic acids is 2. The fraction of sp³-hybridized carbons (Fsp3) is 0.700. The van der Waals surface area contributed by atoms with Gasteiger partial charge in [-0.25, -0.2) is 4.79 Å². The van der Waals surface area contributed by atoms with E-state index in [9.17, 15) is 39.0 Å². The van der Waals surface area contributed by atoms with Crippen LogP contribution in [0.2, 0.25) is 0 Å². The molecule has 0 aromatic heterocycles. The average molecular weight is 507 g/mol. The lowest BCUT2D eigenvalue weighted by Crippen LogP contribution is -2.55. The Hall–Kier alpha value is -3.14. The fourth-order valence-corrected chi connectivity index (χ4v) is 2.85. The first kappa shape index (κ1) is 31.9. The summed E-state index contributed by atoms with van der Waals surface area (Å²) in [5.41, 5.74) is 0. The van der Waals surface area contributed by atoms with E-state index in [1.807, 2.05) is 0 Å². The van der Waals surface area contributed by atoms with Gasteiger partial charge in [0.05, 0.1) is 6.61 Å². The predicted molar refractivity (Wildman–Crippen MR) is 116 cm³/mol. The summed E-state index contributed by atoms with van der Waals surface area (Å²) < 4.78 is 5.21. The van der Waals surface area contributed by atoms with Gasteiger partial charge in [-0.3, -0.25) is 19.2 Å². The summed E-state index contributed by atoms with van der Waals surface area (Å²) in [5, 5.41) is 53.3. The first-order valence-corrected chi connectivity index (χ1v) is 10.6. The van der Waals surface area contributed by atoms with Crippen LogP contribution in [0, 0.1) is 5.92 Å². The molecule has 8 N–H and O–H groups in total. The van der Waals surface area contributed by atoms with Crippen LogP contribution in [0.25, 0.3) is 0 Å². The van der Waals surface area contributed by atoms with E-state index in [0.29, 0.717) is 0 Å². The zero-order valence-corrected chi connectivity index (χ0v) is 19.4. The van der Waals surface area contributed by atoms with Gasteiger partial charge in [-0.05, 0) is 12.3 Å². The van der Waals surface area contributed by atoms with Crippen LogP contribution in [-0.4, -0.2) is 112 Å². The van der Waals surface area contributed by atoms with Crippen molar-refractivity contribution >= 4 is 35.9 Å². The second-order valence-corrected chi connectivity index (χ2v) is 7.88. The molecular formula is C20H33N3O12. The van der Waals surface area contributed by atoms with E-state index >= 15 is 0 Å². The maximum Gasteiger partial charge on any atom is 0.326 e. The Kier molecular flexibility index (Phi) is 15.0. The molecule has 0 heterocycles. The van der Waals surface area contributed by atoms with Crippen LogP contribution in [0.4, 0.5) is 0 Å². The fourth-order valence-electron chi connectivity index (χ4n) is 2.85. The summed E-state index contributed by atoms with van der Waals surface area (Å²) >= 11 is 0. The molecule has 0 spiro atoms. The third-order valence-electron chi connectivity index (χ3n) is 4.66. The molecule has 0 aromatic rings. The quantitative estimate of drug-likeness (QED) is 0.0837. The Balaban J connectivity index is 4.79. The highest BCUT2D eigenvalue weighted by Gasteiger charge is 2.34. The van der Waals surface area contributed by atoms with Crippen molar-refractivity contribution in [3.05, 3.63) is 0 Å². The number of ether oxygens (including phenoxy) is 1. The summed E-state index contributed by atoms with van der Waals surface area (Å²) in [6.45, 7) is 1.04. The highest BCUT2D eigenvalue weighted by Crippen LogP contribution is 2.10. The molecule has 3 amide bonds. The van der Waals surface area contributed by atoms with Crippen molar-refractivity contribution in [3.63, 3.8) is 0 Å². The molecule has 2 unspecified atom stereocenters. The summed E-state index contributed by atoms with van der Waals surface area (Å²) in [6.07, 6.45) is -5.79. The van der Waals surface area contributed by atoms with Gasteiger partial charge < -0.3 is 51.0 Å². The minimum atomic E-state index is -1.82. The number of aldehydes is 1. The number of aliphatic hydroxyl groups excluding tert-OH is 3. The largest absolute Gasteiger partial charge is 0.481 e. The molecule has 0 aliphatic rings. The van der Waals surface area contributed by atoms with Gasteiger partial charge in [-0.1, -0.05) is 6.92 Å². The van der Waals surface area contributed by atoms with Crippen LogP contribution in [-0.2, 0) is 33.5 Å². The third-order valence-corrected chi connectivity index (χ3v) is 4.66. The van der Waals surface area contributed by atoms with E-state index in [0.717, 1.165) is 6.92 Å². The minimum absolute atomic E-state index is 0.0439. The third kappa shape index (κ3) is 13.4. The molecule has 6 atom stereocenters. The summed E-state index contributed by atoms with van der Waals surface area (Å²) in [7, 11) is 0. The number of hydrogen-bond acceptors (Lipinski definition) is 10. The van der Waals surface area contributed by atoms with Gasteiger partial charge in [-0.15, -0.1) is 0 Å². The monoisotopic (exact) mass is 507 g/mol. The van der Waals surface area contributed by atoms with Gasteiger partial charge in [0, 0.05) is 26.3 Å². The number of carbonyl (C=O) groups is 6. The summed E-state index contributed by atoms with van der Waals surface area (Å²) in [4.78, 5) is 68.4. The van der Waals surface area contributed by atoms with Crippen molar-refractivity contribution < 1.29 is 59.0 Å². The van der Waals surface area contributed by atoms with Crippen LogP contribution in [0.15, 0.2) is 0 Å². The first-order chi connectivity index (χ1) is 16.3. The zero-order valence-electron chi connectivity index (χ0n) is 19.4. The number of rotatable bonds is 18. The number of aliphatic hydroxyl groups is 3. The highest BCUT2D eigenvalue weighted by atomic mass is 16.5. The van der Waals surface area contributed by atoms with Crippen molar-refractivity contribution in [2.75, 3.05) is 19.8 Å². The Bertz CT molecular complexity index is 747. The van der Waals surface area contributed by atoms with Gasteiger partial charge in [0.1, 0.15) is 43.3 Å². The lowest BCUT2D eigenvalue weighted by molar-refractivity contribution is -0.145. The second kappa shape index (κ2) is 16.5. The van der Waals surface area contributed by atoms with E-state index in [1.54, 1.807) is 6.92 Å². The molecule has 15 nitrogen and oxygen atoms in total. The molecule has 0 saturated heterocycles. The topological polar surface area (TPSA) is 249 Å². The standard InChI is InChI=1S/C20H33N3O12/c1-10(5-15(28)23-12(20(33)34)3-4-17(30)31)6-21-16(29)9-35-19(18(32)14(27)8-25)13(7-24)22-11(2)26/h7,10,12-14,18-19,25,27,32H,3-6,8-9H2,1-2H3,(H,21,29)(H,22,26)(H,23,28)(H,30,31)(H,33,34)/t10?,12?,13-,14+,18+,19+/m0/s1. The molecule has 0 radical (unpaired) electrons. The SMILES string of the molecule is CC(=O)N[C@@H](C=O)[C@@H](OCC(=O)NCC(C)CC(=O)NC(CCC(=O)O)C(=O)O)[C@H](O)[C@H](O)CO. The van der Waals surface area contributed by atoms with Crippen molar-refractivity contribution in [2.45, 2.75) is 63.5 Å². The number of amides is 3. The molecular weight excluding hydrogens is 474 g/mol. The average Bonchev–Trinajstić information content (AvgIpc) is 2.78. The van der Waals surface area contributed by atoms with E-state index in [1.165, 1.54) is 0 Å². The Labute approximate surface area is 200 Å². The number of carbonyl (C=O) groups excluding carboxylic acids is 4. The molecule has 200 valence electrons. The lowest BCUT2D eigenvalue weighted by atomic mass is 10.0. The number of nitrogens with one attached hydrogen (secondary N) is 3. The van der Waals surface area contributed by atoms with Gasteiger partial charge in [0.15, 0.2) is 0 Å². The minimum Gasteiger partial charge on any atom is -0.481 e. The van der Waals surface area contributed by atoms with Gasteiger partial charge in [0.2, 0.25) is 17.7 Å². The van der Waals surface area contributed by atoms with Crippen molar-refractivity contribution in [3.8, 4) is 0 Å². The molecule has 0 aliphatic carbocycles. The molecule has 0 rings (SSSR count). The van der Waals surface area contributed by atoms with E-state index in [-0.39, 0.29) is 25.7 Å². The normalized spacial score (nSPS) is 16.0. The van der Waals surface area contributed by atoms with Crippen molar-refractivity contribution in [2.24, 2.45) is 5.92 Å². The number of hydrogen-bond donors (Lipinski definition) is 8. The predicted octanol–water partition coefficient (Wildman–Crippen LogP) is -3.63. The van der Waals surface area contributed by atoms with E-state index < -0.39 is 85.6 Å². The maximum atomic E-state index is 12.1. The number of carboxylic acid groups (broad SMARTS) is 2. The van der Waals surface area contributed by atoms with E-state index in [4.69, 9.17) is 20.1 Å². The molecule has 0 saturated carbocycles. The van der Waals surface area contributed by atoms with Crippen LogP contribution < -0.4 is 16.0 Å². The smallest absolute Gasteiger partial charge is 0.326 e. The van der Waals surface area contributed by atoms with Crippen molar-refractivity contribution in [1.82, 2.24) is 16.0 Å². The maximum absolute atomic E-state index is 12.1. The molecule has 0 aromatic carbocycles. The molecule has 0 bridgehead atoms. The zero-order chi connectivity index (χ0) is 27.1. The van der Waals surface area contributed by atoms with Gasteiger partial charge in [-0.2, -0.15) is 0 Å². The van der Waals surface area contributed by atoms with Crippen LogP contribution in [0.3, 0.4) is 0 Å². The molecule has 35 heavy (non-hydrogen) atoms. The van der Waals surface area contributed by atoms with Gasteiger partial charge in [0.25, 0.3) is 0 Å². The van der Waals surface area contributed by atoms with Crippen LogP contribution in [0.5, 0.6) is 0 Å². The summed E-state index contributed by atoms with van der Waals surface area (Å²) in [5.74, 6) is -5.09. The second-order valence-electron chi connectivity index (χ2n) is 7.88. The Morgan fingerprint density at radius 3 is 2.14 bits per heavy atom. The molecule has 15 heteroatoms. The van der Waals surface area contributed by atoms with Crippen LogP contribution >= 0.6 is 0 Å². The van der Waals surface area contributed by atoms with E-state index in [2.05, 4.69) is 16.0 Å². The Morgan fingerprint density at radius 1 is 1.03 bits per heavy atom. The summed E-state index contributed by atoms with van der Waals surface area (Å²) in [6, 6.07) is -2.80. The molecule has 0 fully saturated rings. The van der Waals surface area contributed by atoms with Crippen molar-refractivity contribution in [1.29, 1.82) is 0 Å².